The van der Waals surface area contributed by atoms with Gasteiger partial charge in [-0.05, 0) is 37.6 Å². The van der Waals surface area contributed by atoms with E-state index in [0.717, 1.165) is 6.42 Å². The minimum atomic E-state index is -1.39. The summed E-state index contributed by atoms with van der Waals surface area (Å²) in [6.07, 6.45) is 2.24. The molecule has 1 amide bonds. The maximum atomic E-state index is 12.9. The van der Waals surface area contributed by atoms with Gasteiger partial charge in [0, 0.05) is 22.9 Å². The number of oxazole rings is 1. The molecule has 0 fully saturated rings. The number of rotatable bonds is 7. The quantitative estimate of drug-likeness (QED) is 0.842. The third-order valence-corrected chi connectivity index (χ3v) is 4.83. The highest BCUT2D eigenvalue weighted by Crippen LogP contribution is 2.20. The standard InChI is InChI=1S/C16H19FN2O3S/c1-3-8-18-15(20)11(2)23(21)10-14-9-22-16(19-14)12-4-6-13(17)7-5-12/h4-7,9,11H,3,8,10H2,1-2H3,(H,18,20)/t11-,23-/m1/s1. The highest BCUT2D eigenvalue weighted by molar-refractivity contribution is 7.85. The van der Waals surface area contributed by atoms with Crippen molar-refractivity contribution in [2.24, 2.45) is 0 Å². The minimum absolute atomic E-state index is 0.130. The van der Waals surface area contributed by atoms with Gasteiger partial charge in [-0.25, -0.2) is 9.37 Å². The van der Waals surface area contributed by atoms with Crippen molar-refractivity contribution in [2.75, 3.05) is 6.54 Å². The molecule has 0 aliphatic heterocycles. The Hall–Kier alpha value is -2.02. The van der Waals surface area contributed by atoms with Gasteiger partial charge in [0.25, 0.3) is 0 Å². The monoisotopic (exact) mass is 338 g/mol. The lowest BCUT2D eigenvalue weighted by Gasteiger charge is -2.10. The number of carbonyl (C=O) groups is 1. The van der Waals surface area contributed by atoms with Crippen LogP contribution in [0.25, 0.3) is 11.5 Å². The van der Waals surface area contributed by atoms with Gasteiger partial charge >= 0.3 is 0 Å². The molecule has 0 spiro atoms. The fourth-order valence-electron chi connectivity index (χ4n) is 1.88. The maximum Gasteiger partial charge on any atom is 0.235 e. The predicted molar refractivity (Wildman–Crippen MR) is 86.5 cm³/mol. The highest BCUT2D eigenvalue weighted by atomic mass is 32.2. The minimum Gasteiger partial charge on any atom is -0.444 e. The van der Waals surface area contributed by atoms with Crippen LogP contribution in [0.5, 0.6) is 0 Å². The van der Waals surface area contributed by atoms with Crippen LogP contribution >= 0.6 is 0 Å². The topological polar surface area (TPSA) is 72.2 Å². The van der Waals surface area contributed by atoms with E-state index in [1.807, 2.05) is 6.92 Å². The van der Waals surface area contributed by atoms with Crippen molar-refractivity contribution in [3.63, 3.8) is 0 Å². The van der Waals surface area contributed by atoms with Crippen LogP contribution in [0.3, 0.4) is 0 Å². The Labute approximate surface area is 136 Å². The summed E-state index contributed by atoms with van der Waals surface area (Å²) in [5, 5.41) is 2.11. The van der Waals surface area contributed by atoms with E-state index in [-0.39, 0.29) is 17.5 Å². The Balaban J connectivity index is 1.99. The van der Waals surface area contributed by atoms with Crippen molar-refractivity contribution < 1.29 is 17.8 Å². The Bertz CT molecular complexity index is 685. The zero-order chi connectivity index (χ0) is 16.8. The summed E-state index contributed by atoms with van der Waals surface area (Å²) >= 11 is 0. The van der Waals surface area contributed by atoms with Crippen LogP contribution in [-0.4, -0.2) is 26.9 Å². The average Bonchev–Trinajstić information content (AvgIpc) is 3.00. The molecule has 2 rings (SSSR count). The summed E-state index contributed by atoms with van der Waals surface area (Å²) in [5.41, 5.74) is 1.13. The van der Waals surface area contributed by atoms with E-state index in [1.165, 1.54) is 18.4 Å². The lowest BCUT2D eigenvalue weighted by molar-refractivity contribution is -0.120. The summed E-state index contributed by atoms with van der Waals surface area (Å²) in [4.78, 5) is 16.0. The molecule has 5 nitrogen and oxygen atoms in total. The Kier molecular flexibility index (Phi) is 6.04. The van der Waals surface area contributed by atoms with Crippen LogP contribution in [0.2, 0.25) is 0 Å². The Morgan fingerprint density at radius 1 is 1.39 bits per heavy atom. The summed E-state index contributed by atoms with van der Waals surface area (Å²) in [7, 11) is -1.39. The second-order valence-electron chi connectivity index (χ2n) is 5.11. The van der Waals surface area contributed by atoms with Crippen LogP contribution < -0.4 is 5.32 Å². The molecule has 1 aromatic heterocycles. The van der Waals surface area contributed by atoms with E-state index >= 15 is 0 Å². The van der Waals surface area contributed by atoms with Gasteiger partial charge in [0.15, 0.2) is 0 Å². The summed E-state index contributed by atoms with van der Waals surface area (Å²) in [6.45, 7) is 4.15. The third kappa shape index (κ3) is 4.72. The lowest BCUT2D eigenvalue weighted by atomic mass is 10.2. The van der Waals surface area contributed by atoms with Crippen LogP contribution in [0.1, 0.15) is 26.0 Å². The molecule has 0 aliphatic rings. The number of halogens is 1. The largest absolute Gasteiger partial charge is 0.444 e. The fraction of sp³-hybridized carbons (Fsp3) is 0.375. The number of hydrogen-bond acceptors (Lipinski definition) is 4. The van der Waals surface area contributed by atoms with Crippen molar-refractivity contribution in [3.8, 4) is 11.5 Å². The molecule has 1 heterocycles. The van der Waals surface area contributed by atoms with Crippen molar-refractivity contribution in [1.82, 2.24) is 10.3 Å². The lowest BCUT2D eigenvalue weighted by Crippen LogP contribution is -2.36. The molecule has 0 bridgehead atoms. The van der Waals surface area contributed by atoms with Gasteiger partial charge in [-0.3, -0.25) is 9.00 Å². The van der Waals surface area contributed by atoms with E-state index in [0.29, 0.717) is 23.7 Å². The van der Waals surface area contributed by atoms with Gasteiger partial charge < -0.3 is 9.73 Å². The van der Waals surface area contributed by atoms with Gasteiger partial charge in [0.1, 0.15) is 17.3 Å². The first-order chi connectivity index (χ1) is 11.0. The second kappa shape index (κ2) is 8.01. The molecule has 0 saturated carbocycles. The molecule has 0 saturated heterocycles. The normalized spacial score (nSPS) is 13.5. The maximum absolute atomic E-state index is 12.9. The number of carbonyl (C=O) groups excluding carboxylic acids is 1. The summed E-state index contributed by atoms with van der Waals surface area (Å²) in [6, 6.07) is 5.75. The number of hydrogen-bond donors (Lipinski definition) is 1. The van der Waals surface area contributed by atoms with E-state index in [9.17, 15) is 13.4 Å². The third-order valence-electron chi connectivity index (χ3n) is 3.25. The fourth-order valence-corrected chi connectivity index (χ4v) is 2.88. The number of nitrogens with zero attached hydrogens (tertiary/aromatic N) is 1. The first kappa shape index (κ1) is 17.3. The molecule has 124 valence electrons. The second-order valence-corrected chi connectivity index (χ2v) is 6.87. The number of amides is 1. The SMILES string of the molecule is CCCNC(=O)[C@@H](C)[S@](=O)Cc1coc(-c2ccc(F)cc2)n1. The first-order valence-corrected chi connectivity index (χ1v) is 8.74. The van der Waals surface area contributed by atoms with Crippen molar-refractivity contribution >= 4 is 16.7 Å². The number of nitrogens with one attached hydrogen (secondary N) is 1. The summed E-state index contributed by atoms with van der Waals surface area (Å²) in [5.74, 6) is -0.105. The number of aromatic nitrogens is 1. The van der Waals surface area contributed by atoms with Gasteiger partial charge in [0.05, 0.1) is 11.4 Å². The molecule has 7 heteroatoms. The van der Waals surface area contributed by atoms with Crippen molar-refractivity contribution in [1.29, 1.82) is 0 Å². The average molecular weight is 338 g/mol. The Morgan fingerprint density at radius 2 is 2.09 bits per heavy atom. The highest BCUT2D eigenvalue weighted by Gasteiger charge is 2.21. The number of benzene rings is 1. The van der Waals surface area contributed by atoms with Gasteiger partial charge in [-0.2, -0.15) is 0 Å². The van der Waals surface area contributed by atoms with E-state index in [4.69, 9.17) is 4.42 Å². The zero-order valence-corrected chi connectivity index (χ0v) is 13.9. The molecule has 2 atom stereocenters. The van der Waals surface area contributed by atoms with Gasteiger partial charge in [-0.15, -0.1) is 0 Å². The molecule has 1 N–H and O–H groups in total. The van der Waals surface area contributed by atoms with Crippen LogP contribution in [0.4, 0.5) is 4.39 Å². The molecule has 0 unspecified atom stereocenters. The summed E-state index contributed by atoms with van der Waals surface area (Å²) < 4.78 is 30.5. The predicted octanol–water partition coefficient (Wildman–Crippen LogP) is 2.64. The van der Waals surface area contributed by atoms with Gasteiger partial charge in [0.2, 0.25) is 11.8 Å². The van der Waals surface area contributed by atoms with Crippen LogP contribution in [0, 0.1) is 5.82 Å². The van der Waals surface area contributed by atoms with E-state index < -0.39 is 16.0 Å². The van der Waals surface area contributed by atoms with Crippen molar-refractivity contribution in [2.45, 2.75) is 31.3 Å². The van der Waals surface area contributed by atoms with Crippen molar-refractivity contribution in [3.05, 3.63) is 42.0 Å². The molecular formula is C16H19FN2O3S. The molecule has 23 heavy (non-hydrogen) atoms. The smallest absolute Gasteiger partial charge is 0.235 e. The van der Waals surface area contributed by atoms with Gasteiger partial charge in [-0.1, -0.05) is 6.92 Å². The molecule has 1 aromatic carbocycles. The Morgan fingerprint density at radius 3 is 2.74 bits per heavy atom. The van der Waals surface area contributed by atoms with Crippen LogP contribution in [0.15, 0.2) is 34.9 Å². The van der Waals surface area contributed by atoms with E-state index in [1.54, 1.807) is 19.1 Å². The first-order valence-electron chi connectivity index (χ1n) is 7.36. The van der Waals surface area contributed by atoms with E-state index in [2.05, 4.69) is 10.3 Å². The molecule has 0 aliphatic carbocycles. The molecule has 0 radical (unpaired) electrons. The van der Waals surface area contributed by atoms with Crippen LogP contribution in [-0.2, 0) is 21.3 Å². The zero-order valence-electron chi connectivity index (χ0n) is 13.0. The molecule has 2 aromatic rings. The molecular weight excluding hydrogens is 319 g/mol.